The second-order valence-electron chi connectivity index (χ2n) is 10.6. The lowest BCUT2D eigenvalue weighted by atomic mass is 9.46. The Kier molecular flexibility index (Phi) is 6.46. The number of aliphatic hydroxyl groups excluding tert-OH is 1. The Labute approximate surface area is 188 Å². The van der Waals surface area contributed by atoms with Crippen molar-refractivity contribution in [3.8, 4) is 5.75 Å². The fraction of sp³-hybridized carbons (Fsp3) is 0.760. The Morgan fingerprint density at radius 1 is 1.13 bits per heavy atom. The van der Waals surface area contributed by atoms with E-state index in [1.54, 1.807) is 6.07 Å². The highest BCUT2D eigenvalue weighted by molar-refractivity contribution is 7.84. The second-order valence-corrected chi connectivity index (χ2v) is 11.7. The molecule has 0 unspecified atom stereocenters. The zero-order valence-corrected chi connectivity index (χ0v) is 19.9. The van der Waals surface area contributed by atoms with Crippen molar-refractivity contribution in [3.63, 3.8) is 0 Å². The van der Waals surface area contributed by atoms with Crippen LogP contribution < -0.4 is 9.32 Å². The molecule has 6 heteroatoms. The summed E-state index contributed by atoms with van der Waals surface area (Å²) in [5, 5.41) is 16.0. The van der Waals surface area contributed by atoms with Crippen LogP contribution in [0.1, 0.15) is 102 Å². The first-order valence-electron chi connectivity index (χ1n) is 12.2. The van der Waals surface area contributed by atoms with Crippen molar-refractivity contribution in [1.29, 1.82) is 0 Å². The predicted octanol–water partition coefficient (Wildman–Crippen LogP) is 5.22. The Morgan fingerprint density at radius 2 is 1.90 bits per heavy atom. The minimum Gasteiger partial charge on any atom is -0.393 e. The first kappa shape index (κ1) is 23.1. The molecular weight excluding hydrogens is 410 g/mol. The molecule has 4 rings (SSSR count). The van der Waals surface area contributed by atoms with Gasteiger partial charge in [-0.2, -0.15) is 13.6 Å². The van der Waals surface area contributed by atoms with E-state index in [0.717, 1.165) is 38.5 Å². The van der Waals surface area contributed by atoms with Gasteiger partial charge in [0, 0.05) is 0 Å². The number of nitrogens with two attached hydrogens (primary N) is 1. The molecule has 1 aromatic rings. The van der Waals surface area contributed by atoms with Crippen LogP contribution in [0.5, 0.6) is 5.75 Å². The van der Waals surface area contributed by atoms with Crippen molar-refractivity contribution in [3.05, 3.63) is 29.3 Å². The summed E-state index contributed by atoms with van der Waals surface area (Å²) in [6.07, 6.45) is 13.8. The van der Waals surface area contributed by atoms with Crippen molar-refractivity contribution in [2.75, 3.05) is 0 Å². The zero-order chi connectivity index (χ0) is 22.3. The molecular formula is C25H39NO4S. The van der Waals surface area contributed by atoms with Crippen LogP contribution in [0, 0.1) is 16.7 Å². The molecule has 0 heterocycles. The average Bonchev–Trinajstić information content (AvgIpc) is 3.02. The standard InChI is InChI=1S/C25H39NO4S/c1-3-4-5-6-7-14-25-16-12-18-17-19(30-31(26,28)29)8-9-20(18)21(25)13-15-24(2)22(25)10-11-23(24)27/h8-9,17,21-23,27H,3-7,10-16H2,1-2H3,(H2,26,28,29)/t21-,22-,23+,24+,25-/m1/s1. The summed E-state index contributed by atoms with van der Waals surface area (Å²) in [4.78, 5) is 0. The average molecular weight is 450 g/mol. The molecule has 2 fully saturated rings. The number of rotatable bonds is 8. The summed E-state index contributed by atoms with van der Waals surface area (Å²) in [6, 6.07) is 5.72. The number of aryl methyl sites for hydroxylation is 1. The summed E-state index contributed by atoms with van der Waals surface area (Å²) in [6.45, 7) is 4.59. The molecule has 5 nitrogen and oxygen atoms in total. The highest BCUT2D eigenvalue weighted by Gasteiger charge is 2.61. The summed E-state index contributed by atoms with van der Waals surface area (Å²) < 4.78 is 27.7. The van der Waals surface area contributed by atoms with Crippen molar-refractivity contribution >= 4 is 10.3 Å². The molecule has 0 spiro atoms. The van der Waals surface area contributed by atoms with E-state index < -0.39 is 10.3 Å². The number of hydrogen-bond acceptors (Lipinski definition) is 4. The smallest absolute Gasteiger partial charge is 0.380 e. The molecule has 0 radical (unpaired) electrons. The number of unbranched alkanes of at least 4 members (excludes halogenated alkanes) is 4. The van der Waals surface area contributed by atoms with E-state index in [-0.39, 0.29) is 16.9 Å². The SMILES string of the molecule is CCCCCCC[C@@]12CCc3cc(OS(N)(=O)=O)ccc3[C@H]1CC[C@@]1(C)[C@H]2CC[C@@H]1O. The molecule has 2 saturated carbocycles. The minimum atomic E-state index is -4.01. The predicted molar refractivity (Wildman–Crippen MR) is 123 cm³/mol. The summed E-state index contributed by atoms with van der Waals surface area (Å²) >= 11 is 0. The van der Waals surface area contributed by atoms with Gasteiger partial charge in [0.15, 0.2) is 0 Å². The summed E-state index contributed by atoms with van der Waals surface area (Å²) in [7, 11) is -4.01. The Bertz CT molecular complexity index is 901. The van der Waals surface area contributed by atoms with E-state index in [1.165, 1.54) is 49.7 Å². The quantitative estimate of drug-likeness (QED) is 0.533. The second kappa shape index (κ2) is 8.68. The third-order valence-electron chi connectivity index (χ3n) is 8.95. The van der Waals surface area contributed by atoms with Crippen LogP contribution in [0.2, 0.25) is 0 Å². The van der Waals surface area contributed by atoms with E-state index in [9.17, 15) is 13.5 Å². The van der Waals surface area contributed by atoms with Crippen LogP contribution in [0.15, 0.2) is 18.2 Å². The van der Waals surface area contributed by atoms with E-state index >= 15 is 0 Å². The van der Waals surface area contributed by atoms with Gasteiger partial charge in [-0.15, -0.1) is 0 Å². The third kappa shape index (κ3) is 4.28. The van der Waals surface area contributed by atoms with Gasteiger partial charge in [-0.3, -0.25) is 0 Å². The molecule has 0 aromatic heterocycles. The van der Waals surface area contributed by atoms with Crippen molar-refractivity contribution < 1.29 is 17.7 Å². The number of aliphatic hydroxyl groups is 1. The Morgan fingerprint density at radius 3 is 2.65 bits per heavy atom. The van der Waals surface area contributed by atoms with Gasteiger partial charge in [0.05, 0.1) is 6.10 Å². The first-order valence-corrected chi connectivity index (χ1v) is 13.7. The van der Waals surface area contributed by atoms with E-state index in [0.29, 0.717) is 17.6 Å². The Balaban J connectivity index is 1.64. The van der Waals surface area contributed by atoms with Crippen molar-refractivity contribution in [2.24, 2.45) is 21.9 Å². The fourth-order valence-electron chi connectivity index (χ4n) is 7.52. The topological polar surface area (TPSA) is 89.6 Å². The lowest BCUT2D eigenvalue weighted by molar-refractivity contribution is -0.0806. The molecule has 174 valence electrons. The van der Waals surface area contributed by atoms with E-state index in [2.05, 4.69) is 19.9 Å². The number of hydrogen-bond donors (Lipinski definition) is 2. The van der Waals surface area contributed by atoms with Crippen LogP contribution in [0.3, 0.4) is 0 Å². The summed E-state index contributed by atoms with van der Waals surface area (Å²) in [5.74, 6) is 1.35. The van der Waals surface area contributed by atoms with Gasteiger partial charge in [-0.05, 0) is 90.9 Å². The maximum Gasteiger partial charge on any atom is 0.380 e. The lowest BCUT2D eigenvalue weighted by Gasteiger charge is -2.58. The van der Waals surface area contributed by atoms with Crippen molar-refractivity contribution in [1.82, 2.24) is 0 Å². The highest BCUT2D eigenvalue weighted by Crippen LogP contribution is 2.68. The molecule has 3 aliphatic rings. The van der Waals surface area contributed by atoms with Gasteiger partial charge in [-0.25, -0.2) is 0 Å². The Hall–Kier alpha value is -1.11. The largest absolute Gasteiger partial charge is 0.393 e. The normalized spacial score (nSPS) is 34.6. The molecule has 3 N–H and O–H groups in total. The maximum absolute atomic E-state index is 11.4. The monoisotopic (exact) mass is 449 g/mol. The van der Waals surface area contributed by atoms with Crippen LogP contribution in [-0.2, 0) is 16.7 Å². The molecule has 0 aliphatic heterocycles. The molecule has 3 aliphatic carbocycles. The summed E-state index contributed by atoms with van der Waals surface area (Å²) in [5.41, 5.74) is 2.85. The lowest BCUT2D eigenvalue weighted by Crippen LogP contribution is -2.51. The van der Waals surface area contributed by atoms with Crippen molar-refractivity contribution in [2.45, 2.75) is 103 Å². The van der Waals surface area contributed by atoms with Gasteiger partial charge in [0.2, 0.25) is 0 Å². The van der Waals surface area contributed by atoms with Crippen LogP contribution in [0.25, 0.3) is 0 Å². The molecule has 0 saturated heterocycles. The minimum absolute atomic E-state index is 0.0358. The molecule has 5 atom stereocenters. The van der Waals surface area contributed by atoms with Crippen LogP contribution in [0.4, 0.5) is 0 Å². The van der Waals surface area contributed by atoms with Crippen LogP contribution >= 0.6 is 0 Å². The molecule has 0 bridgehead atoms. The van der Waals surface area contributed by atoms with Gasteiger partial charge in [-0.1, -0.05) is 52.0 Å². The van der Waals surface area contributed by atoms with Gasteiger partial charge in [0.25, 0.3) is 0 Å². The highest BCUT2D eigenvalue weighted by atomic mass is 32.2. The molecule has 0 amide bonds. The van der Waals surface area contributed by atoms with Gasteiger partial charge < -0.3 is 9.29 Å². The fourth-order valence-corrected chi connectivity index (χ4v) is 7.90. The number of benzene rings is 1. The van der Waals surface area contributed by atoms with E-state index in [4.69, 9.17) is 9.32 Å². The molecule has 1 aromatic carbocycles. The number of fused-ring (bicyclic) bond motifs is 5. The molecule has 31 heavy (non-hydrogen) atoms. The van der Waals surface area contributed by atoms with Crippen LogP contribution in [-0.4, -0.2) is 19.6 Å². The zero-order valence-electron chi connectivity index (χ0n) is 19.1. The maximum atomic E-state index is 11.4. The third-order valence-corrected chi connectivity index (χ3v) is 9.38. The van der Waals surface area contributed by atoms with E-state index in [1.807, 2.05) is 6.07 Å². The van der Waals surface area contributed by atoms with Gasteiger partial charge in [0.1, 0.15) is 5.75 Å². The van der Waals surface area contributed by atoms with Gasteiger partial charge >= 0.3 is 10.3 Å². The first-order chi connectivity index (χ1) is 14.7.